The lowest BCUT2D eigenvalue weighted by atomic mass is 10.0. The Morgan fingerprint density at radius 1 is 1.15 bits per heavy atom. The highest BCUT2D eigenvalue weighted by atomic mass is 32.1. The predicted molar refractivity (Wildman–Crippen MR) is 125 cm³/mol. The summed E-state index contributed by atoms with van der Waals surface area (Å²) in [5, 5.41) is 9.58. The number of hydrogen-bond donors (Lipinski definition) is 0. The number of ketones is 1. The average molecular weight is 468 g/mol. The number of benzene rings is 1. The van der Waals surface area contributed by atoms with Crippen LogP contribution in [-0.2, 0) is 20.7 Å². The molecular formula is C25H25NO6S. The quantitative estimate of drug-likeness (QED) is 0.204. The first-order valence-corrected chi connectivity index (χ1v) is 11.1. The van der Waals surface area contributed by atoms with Crippen LogP contribution in [0.25, 0.3) is 6.08 Å². The van der Waals surface area contributed by atoms with E-state index in [2.05, 4.69) is 6.58 Å². The summed E-state index contributed by atoms with van der Waals surface area (Å²) >= 11 is 1.00. The lowest BCUT2D eigenvalue weighted by molar-refractivity contribution is -0.114. The lowest BCUT2D eigenvalue weighted by Gasteiger charge is -2.06. The second-order valence-corrected chi connectivity index (χ2v) is 7.84. The van der Waals surface area contributed by atoms with E-state index in [1.165, 1.54) is 6.08 Å². The van der Waals surface area contributed by atoms with Gasteiger partial charge in [0.1, 0.15) is 23.3 Å². The van der Waals surface area contributed by atoms with Crippen molar-refractivity contribution in [2.24, 2.45) is 0 Å². The molecule has 1 heterocycles. The molecule has 33 heavy (non-hydrogen) atoms. The number of hydrogen-bond acceptors (Lipinski definition) is 8. The standard InChI is InChI=1S/C25H25NO6S/c1-5-11-32-19-10-8-9-17(13-19)12-18(15-26)20(27)14-21-22(24(28)30-6-2)16(4)23(33-21)25(29)31-7-3/h5,8-10,12-13H,1,6-7,11,14H2,2-4H3/b18-12+. The fourth-order valence-corrected chi connectivity index (χ4v) is 4.18. The van der Waals surface area contributed by atoms with Gasteiger partial charge in [-0.25, -0.2) is 9.59 Å². The van der Waals surface area contributed by atoms with Gasteiger partial charge in [-0.2, -0.15) is 5.26 Å². The molecule has 0 bridgehead atoms. The Bertz CT molecular complexity index is 1120. The minimum Gasteiger partial charge on any atom is -0.490 e. The van der Waals surface area contributed by atoms with Crippen LogP contribution in [0.1, 0.15) is 49.9 Å². The van der Waals surface area contributed by atoms with Crippen LogP contribution in [0.4, 0.5) is 0 Å². The maximum Gasteiger partial charge on any atom is 0.348 e. The second kappa shape index (κ2) is 12.4. The van der Waals surface area contributed by atoms with Crippen molar-refractivity contribution in [3.8, 4) is 11.8 Å². The molecule has 172 valence electrons. The van der Waals surface area contributed by atoms with Gasteiger partial charge in [0.25, 0.3) is 0 Å². The van der Waals surface area contributed by atoms with Crippen molar-refractivity contribution in [3.63, 3.8) is 0 Å². The molecule has 0 spiro atoms. The fraction of sp³-hybridized carbons (Fsp3) is 0.280. The van der Waals surface area contributed by atoms with Gasteiger partial charge in [-0.3, -0.25) is 4.79 Å². The Morgan fingerprint density at radius 3 is 2.48 bits per heavy atom. The molecule has 1 aromatic heterocycles. The minimum absolute atomic E-state index is 0.0885. The zero-order chi connectivity index (χ0) is 24.4. The molecule has 0 saturated carbocycles. The number of Topliss-reactive ketones (excluding diaryl/α,β-unsaturated/α-hetero) is 1. The van der Waals surface area contributed by atoms with Gasteiger partial charge in [0, 0.05) is 11.3 Å². The molecule has 2 aromatic rings. The third-order valence-electron chi connectivity index (χ3n) is 4.44. The minimum atomic E-state index is -0.626. The Hall–Kier alpha value is -3.70. The summed E-state index contributed by atoms with van der Waals surface area (Å²) in [5.41, 5.74) is 1.08. The van der Waals surface area contributed by atoms with Crippen molar-refractivity contribution in [3.05, 3.63) is 68.9 Å². The number of esters is 2. The largest absolute Gasteiger partial charge is 0.490 e. The molecule has 0 fully saturated rings. The van der Waals surface area contributed by atoms with Gasteiger partial charge in [0.15, 0.2) is 5.78 Å². The first-order valence-electron chi connectivity index (χ1n) is 10.3. The first-order chi connectivity index (χ1) is 15.9. The number of allylic oxidation sites excluding steroid dienone is 1. The zero-order valence-electron chi connectivity index (χ0n) is 18.8. The molecule has 0 aliphatic heterocycles. The van der Waals surface area contributed by atoms with Crippen LogP contribution in [0.3, 0.4) is 0 Å². The molecule has 2 rings (SSSR count). The molecule has 0 N–H and O–H groups in total. The summed E-state index contributed by atoms with van der Waals surface area (Å²) in [5.74, 6) is -1.11. The summed E-state index contributed by atoms with van der Waals surface area (Å²) in [6.07, 6.45) is 2.84. The smallest absolute Gasteiger partial charge is 0.348 e. The highest BCUT2D eigenvalue weighted by molar-refractivity contribution is 7.14. The van der Waals surface area contributed by atoms with Crippen molar-refractivity contribution < 1.29 is 28.6 Å². The second-order valence-electron chi connectivity index (χ2n) is 6.74. The van der Waals surface area contributed by atoms with Crippen molar-refractivity contribution in [1.82, 2.24) is 0 Å². The maximum absolute atomic E-state index is 13.0. The van der Waals surface area contributed by atoms with Crippen LogP contribution in [-0.4, -0.2) is 37.5 Å². The van der Waals surface area contributed by atoms with Crippen molar-refractivity contribution in [2.75, 3.05) is 19.8 Å². The number of carbonyl (C=O) groups excluding carboxylic acids is 3. The topological polar surface area (TPSA) is 103 Å². The zero-order valence-corrected chi connectivity index (χ0v) is 19.6. The molecule has 1 aromatic carbocycles. The van der Waals surface area contributed by atoms with Gasteiger partial charge in [-0.05, 0) is 50.1 Å². The molecule has 0 amide bonds. The molecule has 0 unspecified atom stereocenters. The summed E-state index contributed by atoms with van der Waals surface area (Å²) in [6, 6.07) is 8.87. The van der Waals surface area contributed by atoms with E-state index in [1.54, 1.807) is 51.1 Å². The van der Waals surface area contributed by atoms with Gasteiger partial charge in [-0.15, -0.1) is 11.3 Å². The number of rotatable bonds is 11. The molecule has 0 aliphatic carbocycles. The van der Waals surface area contributed by atoms with Crippen LogP contribution in [0.2, 0.25) is 0 Å². The Kier molecular flexibility index (Phi) is 9.58. The van der Waals surface area contributed by atoms with Crippen molar-refractivity contribution in [1.29, 1.82) is 5.26 Å². The molecule has 0 saturated heterocycles. The molecular weight excluding hydrogens is 442 g/mol. The Morgan fingerprint density at radius 2 is 1.85 bits per heavy atom. The number of nitrogens with zero attached hydrogens (tertiary/aromatic N) is 1. The van der Waals surface area contributed by atoms with E-state index < -0.39 is 17.7 Å². The third kappa shape index (κ3) is 6.64. The van der Waals surface area contributed by atoms with Crippen molar-refractivity contribution >= 4 is 35.1 Å². The van der Waals surface area contributed by atoms with Gasteiger partial charge >= 0.3 is 11.9 Å². The Balaban J connectivity index is 2.39. The Labute approximate surface area is 196 Å². The van der Waals surface area contributed by atoms with E-state index in [4.69, 9.17) is 14.2 Å². The van der Waals surface area contributed by atoms with Gasteiger partial charge < -0.3 is 14.2 Å². The van der Waals surface area contributed by atoms with E-state index in [0.29, 0.717) is 28.4 Å². The van der Waals surface area contributed by atoms with E-state index in [-0.39, 0.29) is 35.6 Å². The first kappa shape index (κ1) is 25.6. The maximum atomic E-state index is 13.0. The third-order valence-corrected chi connectivity index (χ3v) is 5.71. The molecule has 0 atom stereocenters. The fourth-order valence-electron chi connectivity index (χ4n) is 2.99. The van der Waals surface area contributed by atoms with Gasteiger partial charge in [-0.1, -0.05) is 24.8 Å². The number of nitriles is 1. The highest BCUT2D eigenvalue weighted by Gasteiger charge is 2.27. The lowest BCUT2D eigenvalue weighted by Crippen LogP contribution is -2.12. The van der Waals surface area contributed by atoms with E-state index in [9.17, 15) is 19.6 Å². The summed E-state index contributed by atoms with van der Waals surface area (Å²) in [7, 11) is 0. The van der Waals surface area contributed by atoms with E-state index >= 15 is 0 Å². The van der Waals surface area contributed by atoms with Crippen LogP contribution in [0, 0.1) is 18.3 Å². The average Bonchev–Trinajstić information content (AvgIpc) is 3.12. The van der Waals surface area contributed by atoms with Crippen LogP contribution < -0.4 is 4.74 Å². The summed E-state index contributed by atoms with van der Waals surface area (Å²) in [4.78, 5) is 38.4. The summed E-state index contributed by atoms with van der Waals surface area (Å²) in [6.45, 7) is 9.20. The van der Waals surface area contributed by atoms with E-state index in [0.717, 1.165) is 11.3 Å². The van der Waals surface area contributed by atoms with Crippen LogP contribution >= 0.6 is 11.3 Å². The van der Waals surface area contributed by atoms with E-state index in [1.807, 2.05) is 6.07 Å². The number of carbonyl (C=O) groups is 3. The van der Waals surface area contributed by atoms with Crippen LogP contribution in [0.5, 0.6) is 5.75 Å². The van der Waals surface area contributed by atoms with Gasteiger partial charge in [0.2, 0.25) is 0 Å². The normalized spacial score (nSPS) is 10.8. The highest BCUT2D eigenvalue weighted by Crippen LogP contribution is 2.31. The number of ether oxygens (including phenoxy) is 3. The molecule has 8 heteroatoms. The van der Waals surface area contributed by atoms with Crippen LogP contribution in [0.15, 0.2) is 42.5 Å². The molecule has 7 nitrogen and oxygen atoms in total. The predicted octanol–water partition coefficient (Wildman–Crippen LogP) is 4.69. The molecule has 0 radical (unpaired) electrons. The summed E-state index contributed by atoms with van der Waals surface area (Å²) < 4.78 is 15.7. The monoisotopic (exact) mass is 467 g/mol. The van der Waals surface area contributed by atoms with Crippen molar-refractivity contribution in [2.45, 2.75) is 27.2 Å². The number of thiophene rings is 1. The molecule has 0 aliphatic rings. The SMILES string of the molecule is C=CCOc1cccc(/C=C(\C#N)C(=O)Cc2sc(C(=O)OCC)c(C)c2C(=O)OCC)c1. The van der Waals surface area contributed by atoms with Gasteiger partial charge in [0.05, 0.1) is 24.4 Å².